The van der Waals surface area contributed by atoms with Crippen LogP contribution in [0.5, 0.6) is 0 Å². The summed E-state index contributed by atoms with van der Waals surface area (Å²) in [4.78, 5) is 3.34. The molecule has 2 heterocycles. The predicted octanol–water partition coefficient (Wildman–Crippen LogP) is 7.00. The molecule has 5 rings (SSSR count). The number of nitrogens with zero attached hydrogens (tertiary/aromatic N) is 3. The van der Waals surface area contributed by atoms with Crippen LogP contribution < -0.4 is 5.32 Å². The zero-order valence-electron chi connectivity index (χ0n) is 18.5. The first-order valence-corrected chi connectivity index (χ1v) is 12.4. The van der Waals surface area contributed by atoms with E-state index in [-0.39, 0.29) is 0 Å². The Morgan fingerprint density at radius 2 is 1.50 bits per heavy atom. The highest BCUT2D eigenvalue weighted by molar-refractivity contribution is 7.80. The van der Waals surface area contributed by atoms with Gasteiger partial charge in [0.05, 0.1) is 10.6 Å². The van der Waals surface area contributed by atoms with Crippen LogP contribution in [0.2, 0.25) is 0 Å². The third-order valence-corrected chi connectivity index (χ3v) is 6.69. The maximum Gasteiger partial charge on any atom is 0.174 e. The number of anilines is 1. The summed E-state index contributed by atoms with van der Waals surface area (Å²) >= 11 is 7.59. The van der Waals surface area contributed by atoms with Crippen LogP contribution in [0.15, 0.2) is 115 Å². The van der Waals surface area contributed by atoms with E-state index in [4.69, 9.17) is 17.3 Å². The molecule has 1 N–H and O–H groups in total. The summed E-state index contributed by atoms with van der Waals surface area (Å²) in [5, 5.41) is 11.1. The molecule has 0 saturated carbocycles. The van der Waals surface area contributed by atoms with E-state index in [9.17, 15) is 0 Å². The molecule has 0 spiro atoms. The molecule has 0 unspecified atom stereocenters. The molecule has 0 aliphatic heterocycles. The predicted molar refractivity (Wildman–Crippen MR) is 145 cm³/mol. The SMILES string of the molecule is S=C(Nc1ccccc1)N(Cc1ccccc1)Cc1cn(-c2ccccc2)nc1-c1cccs1. The smallest absolute Gasteiger partial charge is 0.174 e. The normalized spacial score (nSPS) is 10.7. The van der Waals surface area contributed by atoms with E-state index in [1.165, 1.54) is 5.56 Å². The Hall–Kier alpha value is -3.74. The van der Waals surface area contributed by atoms with E-state index in [0.29, 0.717) is 18.2 Å². The minimum absolute atomic E-state index is 0.633. The number of hydrogen-bond acceptors (Lipinski definition) is 3. The Balaban J connectivity index is 1.49. The Labute approximate surface area is 209 Å². The Morgan fingerprint density at radius 3 is 2.18 bits per heavy atom. The van der Waals surface area contributed by atoms with Gasteiger partial charge in [0.1, 0.15) is 5.69 Å². The van der Waals surface area contributed by atoms with Crippen molar-refractivity contribution >= 4 is 34.4 Å². The van der Waals surface area contributed by atoms with E-state index < -0.39 is 0 Å². The summed E-state index contributed by atoms with van der Waals surface area (Å²) in [5.74, 6) is 0. The molecule has 0 atom stereocenters. The number of aromatic nitrogens is 2. The molecule has 0 aliphatic rings. The van der Waals surface area contributed by atoms with Crippen molar-refractivity contribution < 1.29 is 0 Å². The summed E-state index contributed by atoms with van der Waals surface area (Å²) in [6, 6.07) is 34.9. The van der Waals surface area contributed by atoms with E-state index in [1.807, 2.05) is 59.3 Å². The number of thiocarbonyl (C=S) groups is 1. The third-order valence-electron chi connectivity index (χ3n) is 5.46. The average Bonchev–Trinajstić information content (AvgIpc) is 3.56. The largest absolute Gasteiger partial charge is 0.340 e. The minimum atomic E-state index is 0.633. The first kappa shape index (κ1) is 22.1. The van der Waals surface area contributed by atoms with Crippen molar-refractivity contribution in [3.8, 4) is 16.3 Å². The molecule has 6 heteroatoms. The van der Waals surface area contributed by atoms with Gasteiger partial charge in [0.25, 0.3) is 0 Å². The fraction of sp³-hybridized carbons (Fsp3) is 0.0714. The quantitative estimate of drug-likeness (QED) is 0.254. The van der Waals surface area contributed by atoms with E-state index in [1.54, 1.807) is 11.3 Å². The van der Waals surface area contributed by atoms with E-state index in [2.05, 4.69) is 70.3 Å². The number of hydrogen-bond donors (Lipinski definition) is 1. The fourth-order valence-corrected chi connectivity index (χ4v) is 4.78. The summed E-state index contributed by atoms with van der Waals surface area (Å²) in [6.45, 7) is 1.33. The first-order valence-electron chi connectivity index (χ1n) is 11.1. The number of para-hydroxylation sites is 2. The fourth-order valence-electron chi connectivity index (χ4n) is 3.79. The van der Waals surface area contributed by atoms with Crippen molar-refractivity contribution in [3.05, 3.63) is 126 Å². The van der Waals surface area contributed by atoms with Crippen LogP contribution in [-0.4, -0.2) is 19.8 Å². The van der Waals surface area contributed by atoms with E-state index in [0.717, 1.165) is 27.5 Å². The molecule has 3 aromatic carbocycles. The van der Waals surface area contributed by atoms with Gasteiger partial charge < -0.3 is 10.2 Å². The van der Waals surface area contributed by atoms with Crippen LogP contribution in [0.1, 0.15) is 11.1 Å². The van der Waals surface area contributed by atoms with Gasteiger partial charge in [-0.2, -0.15) is 5.10 Å². The van der Waals surface area contributed by atoms with Crippen molar-refractivity contribution in [2.75, 3.05) is 5.32 Å². The molecule has 0 radical (unpaired) electrons. The Bertz CT molecular complexity index is 1330. The molecule has 0 amide bonds. The molecule has 2 aromatic heterocycles. The zero-order valence-corrected chi connectivity index (χ0v) is 20.2. The van der Waals surface area contributed by atoms with Crippen LogP contribution in [0.3, 0.4) is 0 Å². The van der Waals surface area contributed by atoms with Crippen molar-refractivity contribution in [1.82, 2.24) is 14.7 Å². The lowest BCUT2D eigenvalue weighted by Gasteiger charge is -2.26. The van der Waals surface area contributed by atoms with Crippen LogP contribution >= 0.6 is 23.6 Å². The molecule has 168 valence electrons. The monoisotopic (exact) mass is 480 g/mol. The summed E-state index contributed by atoms with van der Waals surface area (Å²) < 4.78 is 1.96. The highest BCUT2D eigenvalue weighted by atomic mass is 32.1. The second-order valence-electron chi connectivity index (χ2n) is 7.90. The molecular weight excluding hydrogens is 456 g/mol. The van der Waals surface area contributed by atoms with Gasteiger partial charge in [-0.05, 0) is 53.5 Å². The number of benzene rings is 3. The molecule has 34 heavy (non-hydrogen) atoms. The maximum absolute atomic E-state index is 5.89. The molecule has 4 nitrogen and oxygen atoms in total. The lowest BCUT2D eigenvalue weighted by atomic mass is 10.1. The number of rotatable bonds is 7. The second kappa shape index (κ2) is 10.5. The van der Waals surface area contributed by atoms with Gasteiger partial charge in [0.15, 0.2) is 5.11 Å². The van der Waals surface area contributed by atoms with Gasteiger partial charge in [0.2, 0.25) is 0 Å². The van der Waals surface area contributed by atoms with Crippen molar-refractivity contribution in [2.24, 2.45) is 0 Å². The van der Waals surface area contributed by atoms with Gasteiger partial charge in [-0.3, -0.25) is 0 Å². The molecular formula is C28H24N4S2. The summed E-state index contributed by atoms with van der Waals surface area (Å²) in [5.41, 5.74) is 5.32. The second-order valence-corrected chi connectivity index (χ2v) is 9.23. The highest BCUT2D eigenvalue weighted by Crippen LogP contribution is 2.29. The average molecular weight is 481 g/mol. The number of thiophene rings is 1. The first-order chi connectivity index (χ1) is 16.8. The third kappa shape index (κ3) is 5.25. The topological polar surface area (TPSA) is 33.1 Å². The van der Waals surface area contributed by atoms with Crippen molar-refractivity contribution in [2.45, 2.75) is 13.1 Å². The van der Waals surface area contributed by atoms with Gasteiger partial charge in [-0.1, -0.05) is 72.8 Å². The highest BCUT2D eigenvalue weighted by Gasteiger charge is 2.19. The molecule has 0 fully saturated rings. The lowest BCUT2D eigenvalue weighted by molar-refractivity contribution is 0.413. The molecule has 0 saturated heterocycles. The molecule has 0 aliphatic carbocycles. The van der Waals surface area contributed by atoms with E-state index >= 15 is 0 Å². The minimum Gasteiger partial charge on any atom is -0.340 e. The van der Waals surface area contributed by atoms with Crippen molar-refractivity contribution in [3.63, 3.8) is 0 Å². The van der Waals surface area contributed by atoms with Gasteiger partial charge in [0, 0.05) is 30.5 Å². The maximum atomic E-state index is 5.89. The van der Waals surface area contributed by atoms with Crippen LogP contribution in [0.4, 0.5) is 5.69 Å². The molecule has 5 aromatic rings. The standard InChI is InChI=1S/C28H24N4S2/c33-28(29-24-13-6-2-7-14-24)31(19-22-11-4-1-5-12-22)20-23-21-32(25-15-8-3-9-16-25)30-27(23)26-17-10-18-34-26/h1-18,21H,19-20H2,(H,29,33). The van der Waals surface area contributed by atoms with Crippen LogP contribution in [0, 0.1) is 0 Å². The lowest BCUT2D eigenvalue weighted by Crippen LogP contribution is -2.33. The summed E-state index contributed by atoms with van der Waals surface area (Å²) in [7, 11) is 0. The van der Waals surface area contributed by atoms with Crippen LogP contribution in [-0.2, 0) is 13.1 Å². The van der Waals surface area contributed by atoms with Gasteiger partial charge in [-0.15, -0.1) is 11.3 Å². The van der Waals surface area contributed by atoms with Crippen molar-refractivity contribution in [1.29, 1.82) is 0 Å². The Kier molecular flexibility index (Phi) is 6.79. The van der Waals surface area contributed by atoms with Crippen LogP contribution in [0.25, 0.3) is 16.3 Å². The Morgan fingerprint density at radius 1 is 0.824 bits per heavy atom. The summed E-state index contributed by atoms with van der Waals surface area (Å²) in [6.07, 6.45) is 2.12. The van der Waals surface area contributed by atoms with Gasteiger partial charge >= 0.3 is 0 Å². The molecule has 0 bridgehead atoms. The number of nitrogens with one attached hydrogen (secondary N) is 1. The van der Waals surface area contributed by atoms with Gasteiger partial charge in [-0.25, -0.2) is 4.68 Å². The zero-order chi connectivity index (χ0) is 23.2.